The number of nitrogens with one attached hydrogen (secondary N) is 2. The van der Waals surface area contributed by atoms with Crippen molar-refractivity contribution in [3.05, 3.63) is 70.3 Å². The van der Waals surface area contributed by atoms with E-state index >= 15 is 0 Å². The number of nitrogens with zero attached hydrogens (tertiary/aromatic N) is 1. The van der Waals surface area contributed by atoms with Gasteiger partial charge in [-0.15, -0.1) is 24.8 Å². The van der Waals surface area contributed by atoms with E-state index in [-0.39, 0.29) is 24.8 Å². The van der Waals surface area contributed by atoms with E-state index in [1.54, 1.807) is 0 Å². The molecule has 28 heavy (non-hydrogen) atoms. The SMILES string of the molecule is Cl.Cl.Clc1ccc(CNC2CCC(Nc3ccnc4cc(Cl)ccc34)C2)cc1. The van der Waals surface area contributed by atoms with Crippen LogP contribution in [0.25, 0.3) is 10.9 Å². The lowest BCUT2D eigenvalue weighted by atomic mass is 10.1. The number of rotatable bonds is 5. The van der Waals surface area contributed by atoms with E-state index < -0.39 is 0 Å². The molecule has 2 atom stereocenters. The van der Waals surface area contributed by atoms with Crippen molar-refractivity contribution in [2.75, 3.05) is 5.32 Å². The fourth-order valence-corrected chi connectivity index (χ4v) is 3.92. The molecule has 4 rings (SSSR count). The molecule has 0 radical (unpaired) electrons. The topological polar surface area (TPSA) is 37.0 Å². The zero-order chi connectivity index (χ0) is 17.9. The predicted molar refractivity (Wildman–Crippen MR) is 125 cm³/mol. The molecule has 3 aromatic rings. The maximum absolute atomic E-state index is 6.08. The monoisotopic (exact) mass is 457 g/mol. The molecule has 2 unspecified atom stereocenters. The van der Waals surface area contributed by atoms with Gasteiger partial charge in [-0.1, -0.05) is 35.3 Å². The smallest absolute Gasteiger partial charge is 0.0737 e. The van der Waals surface area contributed by atoms with Crippen molar-refractivity contribution in [3.8, 4) is 0 Å². The summed E-state index contributed by atoms with van der Waals surface area (Å²) in [6.07, 6.45) is 5.30. The molecule has 1 aliphatic rings. The Labute approximate surface area is 188 Å². The summed E-state index contributed by atoms with van der Waals surface area (Å²) in [4.78, 5) is 4.42. The summed E-state index contributed by atoms with van der Waals surface area (Å²) >= 11 is 12.0. The third-order valence-electron chi connectivity index (χ3n) is 5.01. The van der Waals surface area contributed by atoms with Gasteiger partial charge in [-0.2, -0.15) is 0 Å². The lowest BCUT2D eigenvalue weighted by Gasteiger charge is -2.17. The van der Waals surface area contributed by atoms with Crippen molar-refractivity contribution in [1.82, 2.24) is 10.3 Å². The second-order valence-electron chi connectivity index (χ2n) is 6.88. The molecular weight excluding hydrogens is 436 g/mol. The van der Waals surface area contributed by atoms with Gasteiger partial charge in [0.05, 0.1) is 5.52 Å². The number of aromatic nitrogens is 1. The van der Waals surface area contributed by atoms with Crippen LogP contribution < -0.4 is 10.6 Å². The second-order valence-corrected chi connectivity index (χ2v) is 7.75. The average Bonchev–Trinajstić information content (AvgIpc) is 3.09. The van der Waals surface area contributed by atoms with E-state index in [1.807, 2.05) is 42.6 Å². The van der Waals surface area contributed by atoms with Crippen molar-refractivity contribution in [2.24, 2.45) is 0 Å². The summed E-state index contributed by atoms with van der Waals surface area (Å²) in [5.41, 5.74) is 3.33. The van der Waals surface area contributed by atoms with Gasteiger partial charge in [0, 0.05) is 45.9 Å². The Balaban J connectivity index is 0.00000140. The highest BCUT2D eigenvalue weighted by atomic mass is 35.5. The second kappa shape index (κ2) is 10.5. The van der Waals surface area contributed by atoms with Gasteiger partial charge in [0.2, 0.25) is 0 Å². The lowest BCUT2D eigenvalue weighted by molar-refractivity contribution is 0.520. The molecule has 0 saturated heterocycles. The van der Waals surface area contributed by atoms with Gasteiger partial charge in [-0.05, 0) is 61.2 Å². The Morgan fingerprint density at radius 2 is 1.61 bits per heavy atom. The van der Waals surface area contributed by atoms with E-state index in [4.69, 9.17) is 23.2 Å². The lowest BCUT2D eigenvalue weighted by Crippen LogP contribution is -2.27. The molecule has 7 heteroatoms. The van der Waals surface area contributed by atoms with Gasteiger partial charge in [0.15, 0.2) is 0 Å². The molecule has 0 spiro atoms. The Kier molecular flexibility index (Phi) is 8.66. The summed E-state index contributed by atoms with van der Waals surface area (Å²) in [5.74, 6) is 0. The quantitative estimate of drug-likeness (QED) is 0.457. The molecule has 0 amide bonds. The van der Waals surface area contributed by atoms with Gasteiger partial charge in [-0.3, -0.25) is 4.98 Å². The predicted octanol–water partition coefficient (Wildman–Crippen LogP) is 6.51. The first-order valence-corrected chi connectivity index (χ1v) is 9.71. The fourth-order valence-electron chi connectivity index (χ4n) is 3.63. The number of benzene rings is 2. The highest BCUT2D eigenvalue weighted by Crippen LogP contribution is 2.28. The molecule has 1 aromatic heterocycles. The van der Waals surface area contributed by atoms with E-state index in [9.17, 15) is 0 Å². The molecule has 2 N–H and O–H groups in total. The van der Waals surface area contributed by atoms with Crippen LogP contribution in [0, 0.1) is 0 Å². The molecule has 150 valence electrons. The summed E-state index contributed by atoms with van der Waals surface area (Å²) < 4.78 is 0. The Morgan fingerprint density at radius 3 is 2.39 bits per heavy atom. The number of fused-ring (bicyclic) bond motifs is 1. The number of pyridine rings is 1. The largest absolute Gasteiger partial charge is 0.382 e. The van der Waals surface area contributed by atoms with Crippen molar-refractivity contribution >= 4 is 64.6 Å². The maximum atomic E-state index is 6.08. The minimum atomic E-state index is 0. The number of halogens is 4. The summed E-state index contributed by atoms with van der Waals surface area (Å²) in [6.45, 7) is 0.880. The Bertz CT molecular complexity index is 902. The highest BCUT2D eigenvalue weighted by molar-refractivity contribution is 6.31. The summed E-state index contributed by atoms with van der Waals surface area (Å²) in [5, 5.41) is 9.98. The number of hydrogen-bond donors (Lipinski definition) is 2. The van der Waals surface area contributed by atoms with E-state index in [1.165, 1.54) is 12.0 Å². The summed E-state index contributed by atoms with van der Waals surface area (Å²) in [6, 6.07) is 17.0. The molecule has 0 aliphatic heterocycles. The van der Waals surface area contributed by atoms with Crippen LogP contribution in [0.5, 0.6) is 0 Å². The Hall–Kier alpha value is -1.23. The minimum Gasteiger partial charge on any atom is -0.382 e. The third kappa shape index (κ3) is 5.65. The van der Waals surface area contributed by atoms with Gasteiger partial charge >= 0.3 is 0 Å². The first-order chi connectivity index (χ1) is 12.7. The van der Waals surface area contributed by atoms with Crippen molar-refractivity contribution in [3.63, 3.8) is 0 Å². The van der Waals surface area contributed by atoms with Gasteiger partial charge in [-0.25, -0.2) is 0 Å². The van der Waals surface area contributed by atoms with Crippen LogP contribution in [-0.4, -0.2) is 17.1 Å². The highest BCUT2D eigenvalue weighted by Gasteiger charge is 2.24. The average molecular weight is 459 g/mol. The first kappa shape index (κ1) is 23.1. The number of anilines is 1. The molecule has 3 nitrogen and oxygen atoms in total. The van der Waals surface area contributed by atoms with E-state index in [0.29, 0.717) is 12.1 Å². The standard InChI is InChI=1S/C21H21Cl2N3.2ClH/c22-15-3-1-14(2-4-15)13-25-17-6-7-18(12-17)26-20-9-10-24-21-11-16(23)5-8-19(20)21;;/h1-5,8-11,17-18,25H,6-7,12-13H2,(H,24,26);2*1H. The van der Waals surface area contributed by atoms with Crippen LogP contribution in [0.15, 0.2) is 54.7 Å². The van der Waals surface area contributed by atoms with Gasteiger partial charge < -0.3 is 10.6 Å². The van der Waals surface area contributed by atoms with E-state index in [2.05, 4.69) is 27.8 Å². The normalized spacial score (nSPS) is 18.4. The molecule has 2 aromatic carbocycles. The summed E-state index contributed by atoms with van der Waals surface area (Å²) in [7, 11) is 0. The first-order valence-electron chi connectivity index (χ1n) is 8.96. The maximum Gasteiger partial charge on any atom is 0.0737 e. The van der Waals surface area contributed by atoms with Crippen LogP contribution in [0.3, 0.4) is 0 Å². The molecular formula is C21H23Cl4N3. The van der Waals surface area contributed by atoms with Crippen molar-refractivity contribution < 1.29 is 0 Å². The van der Waals surface area contributed by atoms with E-state index in [0.717, 1.165) is 46.0 Å². The fraction of sp³-hybridized carbons (Fsp3) is 0.286. The third-order valence-corrected chi connectivity index (χ3v) is 5.49. The van der Waals surface area contributed by atoms with Crippen LogP contribution in [0.2, 0.25) is 10.0 Å². The molecule has 1 aliphatic carbocycles. The molecule has 0 bridgehead atoms. The van der Waals surface area contributed by atoms with Crippen LogP contribution >= 0.6 is 48.0 Å². The van der Waals surface area contributed by atoms with Crippen LogP contribution in [0.1, 0.15) is 24.8 Å². The van der Waals surface area contributed by atoms with Crippen LogP contribution in [-0.2, 0) is 6.54 Å². The zero-order valence-corrected chi connectivity index (χ0v) is 18.3. The van der Waals surface area contributed by atoms with Crippen LogP contribution in [0.4, 0.5) is 5.69 Å². The minimum absolute atomic E-state index is 0. The molecule has 1 heterocycles. The molecule has 1 fully saturated rings. The zero-order valence-electron chi connectivity index (χ0n) is 15.2. The van der Waals surface area contributed by atoms with Gasteiger partial charge in [0.25, 0.3) is 0 Å². The van der Waals surface area contributed by atoms with Crippen molar-refractivity contribution in [1.29, 1.82) is 0 Å². The van der Waals surface area contributed by atoms with Gasteiger partial charge in [0.1, 0.15) is 0 Å². The van der Waals surface area contributed by atoms with Crippen molar-refractivity contribution in [2.45, 2.75) is 37.9 Å². The number of hydrogen-bond acceptors (Lipinski definition) is 3. The molecule has 1 saturated carbocycles. The Morgan fingerprint density at radius 1 is 0.893 bits per heavy atom.